The molecular formula is C32H34N2O4. The number of benzene rings is 3. The normalized spacial score (nSPS) is 13.6. The van der Waals surface area contributed by atoms with Crippen LogP contribution in [0.4, 0.5) is 4.79 Å². The molecule has 5 rings (SSSR count). The number of aryl methyl sites for hydroxylation is 2. The predicted molar refractivity (Wildman–Crippen MR) is 149 cm³/mol. The van der Waals surface area contributed by atoms with Crippen LogP contribution in [0.15, 0.2) is 79.0 Å². The molecule has 0 unspecified atom stereocenters. The Morgan fingerprint density at radius 2 is 1.61 bits per heavy atom. The maximum absolute atomic E-state index is 13.0. The Labute approximate surface area is 223 Å². The van der Waals surface area contributed by atoms with Crippen LogP contribution in [-0.4, -0.2) is 34.9 Å². The molecule has 0 bridgehead atoms. The molecule has 4 aromatic rings. The summed E-state index contributed by atoms with van der Waals surface area (Å²) in [5, 5.41) is 3.95. The largest absolute Gasteiger partial charge is 0.458 e. The summed E-state index contributed by atoms with van der Waals surface area (Å²) in [7, 11) is 2.01. The van der Waals surface area contributed by atoms with Gasteiger partial charge in [0.05, 0.1) is 0 Å². The molecule has 1 atom stereocenters. The van der Waals surface area contributed by atoms with Gasteiger partial charge in [0, 0.05) is 24.7 Å². The number of aromatic nitrogens is 1. The van der Waals surface area contributed by atoms with Crippen molar-refractivity contribution in [2.24, 2.45) is 7.05 Å². The summed E-state index contributed by atoms with van der Waals surface area (Å²) in [5.41, 5.74) is 6.16. The number of carbonyl (C=O) groups excluding carboxylic acids is 2. The van der Waals surface area contributed by atoms with E-state index < -0.39 is 23.7 Å². The third-order valence-electron chi connectivity index (χ3n) is 7.00. The van der Waals surface area contributed by atoms with Gasteiger partial charge >= 0.3 is 12.1 Å². The molecular weight excluding hydrogens is 476 g/mol. The molecule has 0 spiro atoms. The Morgan fingerprint density at radius 3 is 2.26 bits per heavy atom. The number of hydrogen-bond donors (Lipinski definition) is 1. The number of hydrogen-bond acceptors (Lipinski definition) is 4. The van der Waals surface area contributed by atoms with E-state index in [0.717, 1.165) is 27.6 Å². The Hall–Kier alpha value is -4.06. The number of amides is 1. The van der Waals surface area contributed by atoms with Crippen molar-refractivity contribution in [2.75, 3.05) is 6.61 Å². The molecule has 0 saturated heterocycles. The van der Waals surface area contributed by atoms with Crippen molar-refractivity contribution in [2.45, 2.75) is 51.2 Å². The Morgan fingerprint density at radius 1 is 0.947 bits per heavy atom. The number of alkyl carbamates (subject to hydrolysis) is 1. The van der Waals surface area contributed by atoms with Gasteiger partial charge in [0.25, 0.3) is 0 Å². The predicted octanol–water partition coefficient (Wildman–Crippen LogP) is 6.36. The molecule has 1 aliphatic carbocycles. The van der Waals surface area contributed by atoms with Gasteiger partial charge in [0.1, 0.15) is 18.2 Å². The summed E-state index contributed by atoms with van der Waals surface area (Å²) in [6.45, 7) is 5.64. The minimum atomic E-state index is -0.825. The summed E-state index contributed by atoms with van der Waals surface area (Å²) < 4.78 is 13.4. The van der Waals surface area contributed by atoms with Crippen molar-refractivity contribution < 1.29 is 19.1 Å². The first kappa shape index (κ1) is 25.6. The van der Waals surface area contributed by atoms with Crippen molar-refractivity contribution in [1.82, 2.24) is 9.88 Å². The first-order valence-corrected chi connectivity index (χ1v) is 13.1. The number of esters is 1. The second kappa shape index (κ2) is 10.4. The van der Waals surface area contributed by atoms with Gasteiger partial charge in [-0.05, 0) is 78.9 Å². The smallest absolute Gasteiger partial charge is 0.407 e. The molecule has 0 saturated carbocycles. The minimum Gasteiger partial charge on any atom is -0.458 e. The number of rotatable bonds is 7. The third-order valence-corrected chi connectivity index (χ3v) is 7.00. The molecule has 1 N–H and O–H groups in total. The first-order valence-electron chi connectivity index (χ1n) is 13.1. The van der Waals surface area contributed by atoms with Gasteiger partial charge in [0.2, 0.25) is 0 Å². The lowest BCUT2D eigenvalue weighted by molar-refractivity contribution is -0.157. The second-order valence-corrected chi connectivity index (χ2v) is 10.9. The zero-order valence-corrected chi connectivity index (χ0v) is 22.4. The van der Waals surface area contributed by atoms with Gasteiger partial charge in [0.15, 0.2) is 0 Å². The van der Waals surface area contributed by atoms with E-state index in [-0.39, 0.29) is 12.5 Å². The monoisotopic (exact) mass is 510 g/mol. The summed E-state index contributed by atoms with van der Waals surface area (Å²) in [5.74, 6) is -0.518. The average Bonchev–Trinajstić information content (AvgIpc) is 3.41. The van der Waals surface area contributed by atoms with E-state index in [4.69, 9.17) is 9.47 Å². The molecule has 6 heteroatoms. The molecule has 196 valence electrons. The maximum atomic E-state index is 13.0. The Bertz CT molecular complexity index is 1430. The molecule has 0 radical (unpaired) electrons. The number of fused-ring (bicyclic) bond motifs is 4. The van der Waals surface area contributed by atoms with Crippen molar-refractivity contribution in [3.05, 3.63) is 95.7 Å². The van der Waals surface area contributed by atoms with Crippen molar-refractivity contribution in [3.8, 4) is 11.1 Å². The number of ether oxygens (including phenoxy) is 2. The highest BCUT2D eigenvalue weighted by Gasteiger charge is 2.31. The van der Waals surface area contributed by atoms with E-state index in [0.29, 0.717) is 12.8 Å². The fourth-order valence-corrected chi connectivity index (χ4v) is 5.18. The molecule has 1 aromatic heterocycles. The molecule has 1 aliphatic rings. The lowest BCUT2D eigenvalue weighted by Crippen LogP contribution is -2.45. The fraction of sp³-hybridized carbons (Fsp3) is 0.312. The molecule has 6 nitrogen and oxygen atoms in total. The molecule has 1 heterocycles. The van der Waals surface area contributed by atoms with Crippen molar-refractivity contribution >= 4 is 23.0 Å². The zero-order chi connectivity index (χ0) is 26.9. The zero-order valence-electron chi connectivity index (χ0n) is 22.4. The molecule has 1 amide bonds. The van der Waals surface area contributed by atoms with Crippen LogP contribution in [0.3, 0.4) is 0 Å². The second-order valence-electron chi connectivity index (χ2n) is 10.9. The SMILES string of the molecule is Cn1ccc2ccc(CC[C@H](NC(=O)OCC3c4ccccc4-c4ccccc43)C(=O)OC(C)(C)C)cc21. The highest BCUT2D eigenvalue weighted by Crippen LogP contribution is 2.44. The van der Waals surface area contributed by atoms with Gasteiger partial charge in [-0.1, -0.05) is 60.7 Å². The molecule has 3 aromatic carbocycles. The lowest BCUT2D eigenvalue weighted by Gasteiger charge is -2.25. The van der Waals surface area contributed by atoms with E-state index in [1.54, 1.807) is 0 Å². The maximum Gasteiger partial charge on any atom is 0.407 e. The minimum absolute atomic E-state index is 0.0508. The van der Waals surface area contributed by atoms with Crippen molar-refractivity contribution in [1.29, 1.82) is 0 Å². The molecule has 38 heavy (non-hydrogen) atoms. The van der Waals surface area contributed by atoms with Crippen LogP contribution in [-0.2, 0) is 27.7 Å². The summed E-state index contributed by atoms with van der Waals surface area (Å²) in [6, 6.07) is 23.9. The molecule has 0 aliphatic heterocycles. The Balaban J connectivity index is 1.27. The summed E-state index contributed by atoms with van der Waals surface area (Å²) in [4.78, 5) is 26.0. The standard InChI is InChI=1S/C32H34N2O4/c1-32(2,3)38-30(35)28(16-14-21-13-15-22-17-18-34(4)29(22)19-21)33-31(36)37-20-27-25-11-7-5-9-23(25)24-10-6-8-12-26(24)27/h5-13,15,17-19,27-28H,14,16,20H2,1-4H3,(H,33,36)/t28-/m0/s1. The average molecular weight is 511 g/mol. The van der Waals surface area contributed by atoms with Crippen LogP contribution < -0.4 is 5.32 Å². The number of nitrogens with one attached hydrogen (secondary N) is 1. The van der Waals surface area contributed by atoms with Crippen LogP contribution in [0.25, 0.3) is 22.0 Å². The Kier molecular flexibility index (Phi) is 6.98. The van der Waals surface area contributed by atoms with Gasteiger partial charge in [-0.25, -0.2) is 9.59 Å². The van der Waals surface area contributed by atoms with Crippen LogP contribution in [0, 0.1) is 0 Å². The fourth-order valence-electron chi connectivity index (χ4n) is 5.18. The van der Waals surface area contributed by atoms with Crippen LogP contribution >= 0.6 is 0 Å². The van der Waals surface area contributed by atoms with Gasteiger partial charge < -0.3 is 19.4 Å². The van der Waals surface area contributed by atoms with E-state index in [9.17, 15) is 9.59 Å². The van der Waals surface area contributed by atoms with Crippen LogP contribution in [0.2, 0.25) is 0 Å². The third kappa shape index (κ3) is 5.44. The lowest BCUT2D eigenvalue weighted by atomic mass is 9.98. The first-order chi connectivity index (χ1) is 18.2. The van der Waals surface area contributed by atoms with E-state index in [1.165, 1.54) is 11.1 Å². The quantitative estimate of drug-likeness (QED) is 0.294. The molecule has 0 fully saturated rings. The van der Waals surface area contributed by atoms with Gasteiger partial charge in [-0.3, -0.25) is 0 Å². The number of carbonyl (C=O) groups is 2. The van der Waals surface area contributed by atoms with Gasteiger partial charge in [-0.15, -0.1) is 0 Å². The highest BCUT2D eigenvalue weighted by molar-refractivity contribution is 5.83. The van der Waals surface area contributed by atoms with Crippen LogP contribution in [0.5, 0.6) is 0 Å². The van der Waals surface area contributed by atoms with Crippen molar-refractivity contribution in [3.63, 3.8) is 0 Å². The highest BCUT2D eigenvalue weighted by atomic mass is 16.6. The van der Waals surface area contributed by atoms with Crippen LogP contribution in [0.1, 0.15) is 49.8 Å². The van der Waals surface area contributed by atoms with E-state index in [2.05, 4.69) is 58.4 Å². The topological polar surface area (TPSA) is 69.6 Å². The summed E-state index contributed by atoms with van der Waals surface area (Å²) >= 11 is 0. The van der Waals surface area contributed by atoms with E-state index >= 15 is 0 Å². The van der Waals surface area contributed by atoms with Gasteiger partial charge in [-0.2, -0.15) is 0 Å². The number of nitrogens with zero attached hydrogens (tertiary/aromatic N) is 1. The summed E-state index contributed by atoms with van der Waals surface area (Å²) in [6.07, 6.45) is 2.40. The van der Waals surface area contributed by atoms with E-state index in [1.807, 2.05) is 58.3 Å².